The van der Waals surface area contributed by atoms with Gasteiger partial charge in [-0.15, -0.1) is 0 Å². The van der Waals surface area contributed by atoms with Gasteiger partial charge in [0.2, 0.25) is 0 Å². The maximum Gasteiger partial charge on any atom is 0.0473 e. The Labute approximate surface area is 544 Å². The molecule has 0 atom stereocenters. The first-order valence-electron chi connectivity index (χ1n) is 32.0. The zero-order valence-corrected chi connectivity index (χ0v) is 51.7. The van der Waals surface area contributed by atoms with E-state index in [1.807, 2.05) is 6.08 Å². The maximum atomic E-state index is 4.39. The van der Waals surface area contributed by atoms with Gasteiger partial charge in [0.25, 0.3) is 0 Å². The Hall–Kier alpha value is -12.1. The Bertz CT molecular complexity index is 5330. The average molecular weight is 1190 g/mol. The van der Waals surface area contributed by atoms with Gasteiger partial charge in [-0.3, -0.25) is 0 Å². The highest BCUT2D eigenvalue weighted by Gasteiger charge is 2.25. The Morgan fingerprint density at radius 3 is 1.08 bits per heavy atom. The minimum atomic E-state index is 1.04. The topological polar surface area (TPSA) is 6.48 Å². The summed E-state index contributed by atoms with van der Waals surface area (Å²) in [6.07, 6.45) is 2.00. The van der Waals surface area contributed by atoms with Crippen LogP contribution in [0.25, 0.3) is 127 Å². The molecule has 0 aliphatic carbocycles. The molecule has 438 valence electrons. The molecule has 0 fully saturated rings. The van der Waals surface area contributed by atoms with Crippen molar-refractivity contribution < 1.29 is 0 Å². The van der Waals surface area contributed by atoms with Crippen LogP contribution in [0.2, 0.25) is 0 Å². The monoisotopic (exact) mass is 1180 g/mol. The molecule has 0 N–H and O–H groups in total. The highest BCUT2D eigenvalue weighted by atomic mass is 15.1. The molecule has 2 nitrogen and oxygen atoms in total. The predicted molar refractivity (Wildman–Crippen MR) is 399 cm³/mol. The first kappa shape index (κ1) is 56.2. The number of aryl methyl sites for hydroxylation is 1. The first-order valence-corrected chi connectivity index (χ1v) is 32.0. The third kappa shape index (κ3) is 10.7. The van der Waals surface area contributed by atoms with Gasteiger partial charge in [0, 0.05) is 34.1 Å². The van der Waals surface area contributed by atoms with Crippen molar-refractivity contribution in [3.63, 3.8) is 0 Å². The molecule has 0 saturated carbocycles. The van der Waals surface area contributed by atoms with E-state index in [9.17, 15) is 0 Å². The van der Waals surface area contributed by atoms with Crippen LogP contribution in [0.15, 0.2) is 358 Å². The van der Waals surface area contributed by atoms with E-state index in [1.54, 1.807) is 0 Å². The zero-order valence-electron chi connectivity index (χ0n) is 51.7. The van der Waals surface area contributed by atoms with E-state index in [1.165, 1.54) is 32.7 Å². The molecule has 16 rings (SSSR count). The van der Waals surface area contributed by atoms with Crippen LogP contribution in [0, 0.1) is 6.92 Å². The summed E-state index contributed by atoms with van der Waals surface area (Å²) in [4.78, 5) is 4.89. The number of para-hydroxylation sites is 2. The van der Waals surface area contributed by atoms with Crippen LogP contribution in [0.5, 0.6) is 0 Å². The lowest BCUT2D eigenvalue weighted by Gasteiger charge is -2.29. The Kier molecular flexibility index (Phi) is 14.7. The molecule has 0 amide bonds. The summed E-state index contributed by atoms with van der Waals surface area (Å²) in [6, 6.07) is 129. The lowest BCUT2D eigenvalue weighted by atomic mass is 9.83. The van der Waals surface area contributed by atoms with Crippen LogP contribution in [0.3, 0.4) is 0 Å². The third-order valence-electron chi connectivity index (χ3n) is 18.4. The van der Waals surface area contributed by atoms with Crippen LogP contribution >= 0.6 is 0 Å². The van der Waals surface area contributed by atoms with E-state index in [4.69, 9.17) is 0 Å². The number of anilines is 6. The van der Waals surface area contributed by atoms with Crippen LogP contribution in [-0.4, -0.2) is 0 Å². The van der Waals surface area contributed by atoms with Crippen LogP contribution in [-0.2, 0) is 0 Å². The standard InChI is InChI=1S/C91H64N2/c1-3-63-42-46-70(58-86(63)82-40-24-22-26-62(82)2)90-84-50-48-79(93(77-38-20-9-21-39-77)81-56-74(66-31-14-6-15-32-66)53-75(57-81)67-33-16-7-17-34-67)61-89(84)91(71-47-45-69-44-43-68-35-23-25-41-83(68)87(69)59-71)85-51-49-78(60-88(85)90)92(76-36-18-8-19-37-76)80-54-72(64-27-10-4-11-28-64)52-73(55-80)65-29-12-5-13-30-65/h3-61H,1H2,2H3. The molecule has 0 radical (unpaired) electrons. The fourth-order valence-corrected chi connectivity index (χ4v) is 14.0. The summed E-state index contributed by atoms with van der Waals surface area (Å²) in [5.41, 5.74) is 24.6. The van der Waals surface area contributed by atoms with Crippen molar-refractivity contribution in [3.05, 3.63) is 370 Å². The van der Waals surface area contributed by atoms with Crippen molar-refractivity contribution in [2.24, 2.45) is 0 Å². The Balaban J connectivity index is 1.02. The largest absolute Gasteiger partial charge is 0.310 e. The molecule has 0 saturated heterocycles. The number of nitrogens with zero attached hydrogens (tertiary/aromatic N) is 2. The van der Waals surface area contributed by atoms with Crippen LogP contribution in [0.4, 0.5) is 34.1 Å². The van der Waals surface area contributed by atoms with Gasteiger partial charge in [0.1, 0.15) is 0 Å². The molecular formula is C91H64N2. The second-order valence-electron chi connectivity index (χ2n) is 24.1. The van der Waals surface area contributed by atoms with Crippen molar-refractivity contribution in [1.29, 1.82) is 0 Å². The van der Waals surface area contributed by atoms with E-state index in [-0.39, 0.29) is 0 Å². The highest BCUT2D eigenvalue weighted by molar-refractivity contribution is 6.24. The second kappa shape index (κ2) is 24.4. The van der Waals surface area contributed by atoms with Gasteiger partial charge in [-0.05, 0) is 236 Å². The van der Waals surface area contributed by atoms with E-state index in [2.05, 4.69) is 375 Å². The number of hydrogen-bond donors (Lipinski definition) is 0. The zero-order chi connectivity index (χ0) is 62.2. The molecule has 0 heterocycles. The van der Waals surface area contributed by atoms with Crippen LogP contribution in [0.1, 0.15) is 11.1 Å². The lowest BCUT2D eigenvalue weighted by Crippen LogP contribution is -2.11. The van der Waals surface area contributed by atoms with Gasteiger partial charge in [-0.2, -0.15) is 0 Å². The van der Waals surface area contributed by atoms with Gasteiger partial charge in [0.05, 0.1) is 0 Å². The molecule has 93 heavy (non-hydrogen) atoms. The van der Waals surface area contributed by atoms with Crippen LogP contribution < -0.4 is 9.80 Å². The highest BCUT2D eigenvalue weighted by Crippen LogP contribution is 2.51. The van der Waals surface area contributed by atoms with Crippen molar-refractivity contribution in [2.45, 2.75) is 6.92 Å². The van der Waals surface area contributed by atoms with Gasteiger partial charge >= 0.3 is 0 Å². The van der Waals surface area contributed by atoms with Gasteiger partial charge in [-0.1, -0.05) is 267 Å². The minimum absolute atomic E-state index is 1.04. The number of hydrogen-bond acceptors (Lipinski definition) is 2. The van der Waals surface area contributed by atoms with Gasteiger partial charge in [-0.25, -0.2) is 0 Å². The molecule has 0 aliphatic rings. The summed E-state index contributed by atoms with van der Waals surface area (Å²) < 4.78 is 0. The van der Waals surface area contributed by atoms with E-state index >= 15 is 0 Å². The fraction of sp³-hybridized carbons (Fsp3) is 0.0110. The summed E-state index contributed by atoms with van der Waals surface area (Å²) in [6.45, 7) is 6.59. The van der Waals surface area contributed by atoms with E-state index < -0.39 is 0 Å². The SMILES string of the molecule is C=Cc1ccc(-c2c3ccc(N(c4ccccc4)c4cc(-c5ccccc5)cc(-c5ccccc5)c4)cc3c(-c3ccc4ccc5ccccc5c4c3)c3ccc(N(c4ccccc4)c4cc(-c5ccccc5)cc(-c5ccccc5)c4)cc23)cc1-c1ccccc1C. The number of fused-ring (bicyclic) bond motifs is 5. The van der Waals surface area contributed by atoms with Crippen molar-refractivity contribution in [1.82, 2.24) is 0 Å². The lowest BCUT2D eigenvalue weighted by molar-refractivity contribution is 1.29. The quantitative estimate of drug-likeness (QED) is 0.0791. The average Bonchev–Trinajstić information content (AvgIpc) is 0.728. The summed E-state index contributed by atoms with van der Waals surface area (Å²) in [5, 5.41) is 9.40. The number of benzene rings is 16. The second-order valence-corrected chi connectivity index (χ2v) is 24.1. The van der Waals surface area contributed by atoms with E-state index in [0.29, 0.717) is 0 Å². The molecule has 0 aromatic heterocycles. The fourth-order valence-electron chi connectivity index (χ4n) is 14.0. The molecule has 0 spiro atoms. The third-order valence-corrected chi connectivity index (χ3v) is 18.4. The van der Waals surface area contributed by atoms with Gasteiger partial charge < -0.3 is 9.80 Å². The Morgan fingerprint density at radius 1 is 0.226 bits per heavy atom. The molecule has 0 unspecified atom stereocenters. The molecule has 0 bridgehead atoms. The van der Waals surface area contributed by atoms with Gasteiger partial charge in [0.15, 0.2) is 0 Å². The van der Waals surface area contributed by atoms with Crippen molar-refractivity contribution in [2.75, 3.05) is 9.80 Å². The summed E-state index contributed by atoms with van der Waals surface area (Å²) in [7, 11) is 0. The minimum Gasteiger partial charge on any atom is -0.310 e. The molecule has 2 heteroatoms. The Morgan fingerprint density at radius 2 is 0.613 bits per heavy atom. The van der Waals surface area contributed by atoms with Crippen molar-refractivity contribution >= 4 is 83.3 Å². The predicted octanol–water partition coefficient (Wildman–Crippen LogP) is 25.9. The van der Waals surface area contributed by atoms with Crippen molar-refractivity contribution in [3.8, 4) is 77.9 Å². The first-order chi connectivity index (χ1) is 46.0. The molecule has 16 aromatic carbocycles. The smallest absolute Gasteiger partial charge is 0.0473 e. The molecule has 0 aliphatic heterocycles. The molecule has 16 aromatic rings. The van der Waals surface area contributed by atoms with E-state index in [0.717, 1.165) is 134 Å². The summed E-state index contributed by atoms with van der Waals surface area (Å²) in [5.74, 6) is 0. The summed E-state index contributed by atoms with van der Waals surface area (Å²) >= 11 is 0. The normalized spacial score (nSPS) is 11.3. The number of rotatable bonds is 14. The molecular weight excluding hydrogens is 1120 g/mol. The maximum absolute atomic E-state index is 4.39.